The van der Waals surface area contributed by atoms with Crippen molar-refractivity contribution >= 4 is 83.1 Å². The third kappa shape index (κ3) is 4.96. The van der Waals surface area contributed by atoms with Crippen LogP contribution in [0.15, 0.2) is 66.5 Å². The summed E-state index contributed by atoms with van der Waals surface area (Å²) in [6.45, 7) is 5.72. The van der Waals surface area contributed by atoms with E-state index < -0.39 is 16.0 Å². The van der Waals surface area contributed by atoms with Crippen LogP contribution in [0, 0.1) is 0 Å². The van der Waals surface area contributed by atoms with Crippen LogP contribution in [0.3, 0.4) is 0 Å². The predicted molar refractivity (Wildman–Crippen MR) is 153 cm³/mol. The van der Waals surface area contributed by atoms with Crippen molar-refractivity contribution < 1.29 is 17.5 Å². The molecule has 0 unspecified atom stereocenters. The molecule has 0 fully saturated rings. The van der Waals surface area contributed by atoms with Crippen LogP contribution in [-0.2, 0) is 16.0 Å². The first-order valence-corrected chi connectivity index (χ1v) is 15.1. The molecule has 0 atom stereocenters. The maximum atomic E-state index is 11.8. The fraction of sp³-hybridized carbons (Fsp3) is 0.222. The van der Waals surface area contributed by atoms with Gasteiger partial charge in [0.05, 0.1) is 26.8 Å². The van der Waals surface area contributed by atoms with E-state index in [0.29, 0.717) is 15.1 Å². The van der Waals surface area contributed by atoms with Crippen LogP contribution in [0.2, 0.25) is 10.0 Å². The fourth-order valence-electron chi connectivity index (χ4n) is 4.82. The first-order chi connectivity index (χ1) is 17.7. The van der Waals surface area contributed by atoms with Crippen LogP contribution in [0.1, 0.15) is 25.3 Å². The molecule has 0 N–H and O–H groups in total. The fourth-order valence-corrected chi connectivity index (χ4v) is 6.90. The topological polar surface area (TPSA) is 67.6 Å². The van der Waals surface area contributed by atoms with Crippen LogP contribution in [-0.4, -0.2) is 26.1 Å². The van der Waals surface area contributed by atoms with Crippen LogP contribution in [0.5, 0.6) is 0 Å². The van der Waals surface area contributed by atoms with E-state index in [1.807, 2.05) is 66.8 Å². The highest BCUT2D eigenvalue weighted by molar-refractivity contribution is 7.84. The Morgan fingerprint density at radius 1 is 1.03 bits per heavy atom. The lowest BCUT2D eigenvalue weighted by atomic mass is 10.1. The molecule has 1 aliphatic heterocycles. The summed E-state index contributed by atoms with van der Waals surface area (Å²) in [5, 5.41) is 3.58. The average Bonchev–Trinajstić information content (AvgIpc) is 3.33. The number of hydrogen-bond acceptors (Lipinski definition) is 6. The van der Waals surface area contributed by atoms with Crippen molar-refractivity contribution in [2.75, 3.05) is 22.9 Å². The number of allylic oxidation sites excluding steroid dienone is 2. The largest absolute Gasteiger partial charge is 0.743 e. The number of halogens is 2. The molecule has 0 spiro atoms. The predicted octanol–water partition coefficient (Wildman–Crippen LogP) is 6.76. The van der Waals surface area contributed by atoms with Crippen LogP contribution >= 0.6 is 34.5 Å². The number of anilines is 2. The van der Waals surface area contributed by atoms with Gasteiger partial charge in [-0.05, 0) is 49.1 Å². The molecule has 0 bridgehead atoms. The zero-order chi connectivity index (χ0) is 26.3. The van der Waals surface area contributed by atoms with Crippen molar-refractivity contribution in [3.63, 3.8) is 0 Å². The van der Waals surface area contributed by atoms with Gasteiger partial charge in [0.1, 0.15) is 10.5 Å². The Morgan fingerprint density at radius 2 is 1.73 bits per heavy atom. The second-order valence-corrected chi connectivity index (χ2v) is 12.0. The van der Waals surface area contributed by atoms with Crippen molar-refractivity contribution in [1.29, 1.82) is 0 Å². The van der Waals surface area contributed by atoms with E-state index in [1.165, 1.54) is 11.3 Å². The Kier molecular flexibility index (Phi) is 7.22. The van der Waals surface area contributed by atoms with Gasteiger partial charge in [-0.3, -0.25) is 0 Å². The summed E-state index contributed by atoms with van der Waals surface area (Å²) in [5.74, 6) is 0.339. The second kappa shape index (κ2) is 10.3. The molecule has 192 valence electrons. The zero-order valence-electron chi connectivity index (χ0n) is 20.3. The van der Waals surface area contributed by atoms with E-state index in [-0.39, 0.29) is 0 Å². The Labute approximate surface area is 230 Å². The normalized spacial score (nSPS) is 15.1. The maximum absolute atomic E-state index is 11.8. The molecule has 37 heavy (non-hydrogen) atoms. The summed E-state index contributed by atoms with van der Waals surface area (Å²) in [4.78, 5) is 4.38. The number of hydrogen-bond donors (Lipinski definition) is 0. The number of fused-ring (bicyclic) bond motifs is 4. The maximum Gasteiger partial charge on any atom is 0.263 e. The lowest BCUT2D eigenvalue weighted by Gasteiger charge is -2.23. The quantitative estimate of drug-likeness (QED) is 0.180. The molecule has 0 aliphatic carbocycles. The minimum atomic E-state index is -4.51. The second-order valence-electron chi connectivity index (χ2n) is 8.72. The Hall–Kier alpha value is -2.62. The summed E-state index contributed by atoms with van der Waals surface area (Å²) >= 11 is 14.1. The van der Waals surface area contributed by atoms with E-state index in [4.69, 9.17) is 23.2 Å². The van der Waals surface area contributed by atoms with Crippen molar-refractivity contribution in [1.82, 2.24) is 0 Å². The van der Waals surface area contributed by atoms with Crippen molar-refractivity contribution in [3.8, 4) is 0 Å². The highest BCUT2D eigenvalue weighted by atomic mass is 35.5. The summed E-state index contributed by atoms with van der Waals surface area (Å²) in [6.07, 6.45) is 6.69. The van der Waals surface area contributed by atoms with Gasteiger partial charge in [-0.1, -0.05) is 71.8 Å². The average molecular weight is 575 g/mol. The summed E-state index contributed by atoms with van der Waals surface area (Å²) in [6, 6.07) is 15.5. The summed E-state index contributed by atoms with van der Waals surface area (Å²) in [5.41, 5.74) is 2.74. The summed E-state index contributed by atoms with van der Waals surface area (Å²) in [7, 11) is -4.51. The standard InChI is InChI=1S/C27H25Cl2N3O3S2/c1-3-14-31-23-16-21(29)20(28)15-22(23)30(4-2)25(31)10-7-11-26-32(17-37(33,34)35)27-19-9-6-5-8-18(19)12-13-24(27)36-26/h5-13,15-16H,3-4,14,17H2,1-2H3. The lowest BCUT2D eigenvalue weighted by molar-refractivity contribution is -0.648. The van der Waals surface area contributed by atoms with Crippen molar-refractivity contribution in [2.24, 2.45) is 0 Å². The van der Waals surface area contributed by atoms with Gasteiger partial charge in [-0.25, -0.2) is 8.42 Å². The monoisotopic (exact) mass is 573 g/mol. The number of rotatable bonds is 7. The molecular formula is C27H25Cl2N3O3S2. The Bertz CT molecular complexity index is 1680. The molecular weight excluding hydrogens is 549 g/mol. The molecule has 0 saturated heterocycles. The molecule has 0 radical (unpaired) electrons. The number of thiazole rings is 1. The lowest BCUT2D eigenvalue weighted by Crippen LogP contribution is -2.39. The smallest absolute Gasteiger partial charge is 0.263 e. The molecule has 0 saturated carbocycles. The van der Waals surface area contributed by atoms with Gasteiger partial charge < -0.3 is 14.4 Å². The van der Waals surface area contributed by atoms with Crippen molar-refractivity contribution in [2.45, 2.75) is 26.1 Å². The van der Waals surface area contributed by atoms with Gasteiger partial charge in [0.15, 0.2) is 10.1 Å². The molecule has 5 rings (SSSR count). The Balaban J connectivity index is 1.61. The first kappa shape index (κ1) is 26.0. The van der Waals surface area contributed by atoms with Gasteiger partial charge >= 0.3 is 0 Å². The highest BCUT2D eigenvalue weighted by Crippen LogP contribution is 2.45. The number of aromatic nitrogens is 1. The van der Waals surface area contributed by atoms with E-state index >= 15 is 0 Å². The first-order valence-electron chi connectivity index (χ1n) is 11.9. The third-order valence-corrected chi connectivity index (χ3v) is 8.71. The molecule has 3 aromatic carbocycles. The minimum absolute atomic E-state index is 0.504. The van der Waals surface area contributed by atoms with E-state index in [0.717, 1.165) is 57.7 Å². The molecule has 10 heteroatoms. The van der Waals surface area contributed by atoms with Gasteiger partial charge in [0, 0.05) is 19.2 Å². The number of nitrogens with zero attached hydrogens (tertiary/aromatic N) is 3. The molecule has 6 nitrogen and oxygen atoms in total. The van der Waals surface area contributed by atoms with Gasteiger partial charge in [-0.2, -0.15) is 4.57 Å². The molecule has 0 amide bonds. The van der Waals surface area contributed by atoms with Crippen LogP contribution in [0.4, 0.5) is 11.4 Å². The number of benzene rings is 3. The molecule has 1 aliphatic rings. The van der Waals surface area contributed by atoms with Crippen LogP contribution < -0.4 is 14.4 Å². The van der Waals surface area contributed by atoms with Crippen molar-refractivity contribution in [3.05, 3.63) is 81.6 Å². The Morgan fingerprint density at radius 3 is 2.41 bits per heavy atom. The van der Waals surface area contributed by atoms with Gasteiger partial charge in [-0.15, -0.1) is 0 Å². The zero-order valence-corrected chi connectivity index (χ0v) is 23.5. The van der Waals surface area contributed by atoms with E-state index in [2.05, 4.69) is 23.6 Å². The molecule has 1 aromatic heterocycles. The molecule has 2 heterocycles. The molecule has 4 aromatic rings. The van der Waals surface area contributed by atoms with E-state index in [1.54, 1.807) is 4.57 Å². The van der Waals surface area contributed by atoms with Crippen LogP contribution in [0.25, 0.3) is 27.1 Å². The van der Waals surface area contributed by atoms with E-state index in [9.17, 15) is 13.0 Å². The highest BCUT2D eigenvalue weighted by Gasteiger charge is 2.30. The SMILES string of the molecule is CCCN1/C(=C/C=C/c2sc3ccc4ccccc4c3[n+]2CS(=O)(=O)[O-])N(CC)c2cc(Cl)c(Cl)cc21. The summed E-state index contributed by atoms with van der Waals surface area (Å²) < 4.78 is 38.1. The third-order valence-electron chi connectivity index (χ3n) is 6.30. The van der Waals surface area contributed by atoms with Gasteiger partial charge in [0.2, 0.25) is 11.4 Å². The van der Waals surface area contributed by atoms with Gasteiger partial charge in [0.25, 0.3) is 5.01 Å². The minimum Gasteiger partial charge on any atom is -0.743 e.